The number of ether oxygens (including phenoxy) is 4. The van der Waals surface area contributed by atoms with Crippen molar-refractivity contribution in [1.82, 2.24) is 5.32 Å². The number of amides is 1. The van der Waals surface area contributed by atoms with Crippen molar-refractivity contribution in [3.05, 3.63) is 66.2 Å². The molecule has 2 aliphatic heterocycles. The molecule has 4 rings (SSSR count). The summed E-state index contributed by atoms with van der Waals surface area (Å²) >= 11 is 0. The number of para-hydroxylation sites is 1. The predicted molar refractivity (Wildman–Crippen MR) is 99.4 cm³/mol. The highest BCUT2D eigenvalue weighted by molar-refractivity contribution is 5.73. The van der Waals surface area contributed by atoms with Gasteiger partial charge in [0, 0.05) is 12.5 Å². The third-order valence-corrected chi connectivity index (χ3v) is 4.80. The highest BCUT2D eigenvalue weighted by atomic mass is 16.7. The van der Waals surface area contributed by atoms with E-state index >= 15 is 0 Å². The maximum Gasteiger partial charge on any atom is 0.223 e. The molecular weight excluding hydrogens is 362 g/mol. The topological polar surface area (TPSA) is 86.3 Å². The van der Waals surface area contributed by atoms with E-state index in [1.54, 1.807) is 12.1 Å². The van der Waals surface area contributed by atoms with Crippen LogP contribution in [0.2, 0.25) is 0 Å². The molecule has 0 spiro atoms. The minimum atomic E-state index is -1.02. The summed E-state index contributed by atoms with van der Waals surface area (Å²) in [6.45, 7) is 1.62. The van der Waals surface area contributed by atoms with Crippen LogP contribution in [0.5, 0.6) is 5.75 Å². The van der Waals surface area contributed by atoms with Crippen LogP contribution in [0.25, 0.3) is 0 Å². The molecule has 0 bridgehead atoms. The fourth-order valence-electron chi connectivity index (χ4n) is 3.49. The SMILES string of the molecule is CC(=O)N[C@H]1[C@H](Oc2ccccc2)O[C@@H]2CO[C@@H](c3ccccc3)O[C@H]2[C@@H]1O. The van der Waals surface area contributed by atoms with E-state index in [9.17, 15) is 9.90 Å². The van der Waals surface area contributed by atoms with Gasteiger partial charge in [0.15, 0.2) is 6.29 Å². The van der Waals surface area contributed by atoms with Crippen LogP contribution >= 0.6 is 0 Å². The van der Waals surface area contributed by atoms with Gasteiger partial charge in [0.1, 0.15) is 30.1 Å². The first-order valence-corrected chi connectivity index (χ1v) is 9.26. The van der Waals surface area contributed by atoms with Crippen LogP contribution in [-0.2, 0) is 19.0 Å². The maximum atomic E-state index is 11.7. The van der Waals surface area contributed by atoms with Crippen molar-refractivity contribution >= 4 is 5.91 Å². The van der Waals surface area contributed by atoms with Crippen molar-refractivity contribution < 1.29 is 28.8 Å². The van der Waals surface area contributed by atoms with Crippen molar-refractivity contribution in [3.8, 4) is 5.75 Å². The van der Waals surface area contributed by atoms with Crippen LogP contribution < -0.4 is 10.1 Å². The molecule has 0 unspecified atom stereocenters. The molecule has 28 heavy (non-hydrogen) atoms. The minimum Gasteiger partial charge on any atom is -0.463 e. The summed E-state index contributed by atoms with van der Waals surface area (Å²) in [7, 11) is 0. The molecule has 1 amide bonds. The molecule has 0 aromatic heterocycles. The number of hydrogen-bond acceptors (Lipinski definition) is 6. The Bertz CT molecular complexity index is 786. The first-order valence-electron chi connectivity index (χ1n) is 9.26. The van der Waals surface area contributed by atoms with E-state index in [1.807, 2.05) is 48.5 Å². The van der Waals surface area contributed by atoms with Crippen molar-refractivity contribution in [2.24, 2.45) is 0 Å². The Hall–Kier alpha value is -2.45. The Balaban J connectivity index is 1.53. The number of aliphatic hydroxyl groups excluding tert-OH is 1. The van der Waals surface area contributed by atoms with Crippen LogP contribution in [0.4, 0.5) is 0 Å². The number of fused-ring (bicyclic) bond motifs is 1. The zero-order chi connectivity index (χ0) is 19.5. The third kappa shape index (κ3) is 4.02. The van der Waals surface area contributed by atoms with Crippen LogP contribution in [0.1, 0.15) is 18.8 Å². The van der Waals surface area contributed by atoms with E-state index in [4.69, 9.17) is 18.9 Å². The molecule has 148 valence electrons. The number of carbonyl (C=O) groups excluding carboxylic acids is 1. The molecule has 2 heterocycles. The molecule has 2 aromatic rings. The van der Waals surface area contributed by atoms with Crippen LogP contribution in [0.3, 0.4) is 0 Å². The first-order chi connectivity index (χ1) is 13.6. The van der Waals surface area contributed by atoms with Gasteiger partial charge in [-0.1, -0.05) is 48.5 Å². The van der Waals surface area contributed by atoms with Gasteiger partial charge in [0.25, 0.3) is 0 Å². The Morgan fingerprint density at radius 2 is 1.75 bits per heavy atom. The maximum absolute atomic E-state index is 11.7. The van der Waals surface area contributed by atoms with Crippen LogP contribution in [-0.4, -0.2) is 48.3 Å². The van der Waals surface area contributed by atoms with Gasteiger partial charge in [0.05, 0.1) is 6.61 Å². The molecule has 0 saturated carbocycles. The number of hydrogen-bond donors (Lipinski definition) is 2. The van der Waals surface area contributed by atoms with Gasteiger partial charge in [-0.05, 0) is 12.1 Å². The average Bonchev–Trinajstić information content (AvgIpc) is 2.72. The molecule has 7 nitrogen and oxygen atoms in total. The predicted octanol–water partition coefficient (Wildman–Crippen LogP) is 1.77. The van der Waals surface area contributed by atoms with E-state index < -0.39 is 36.9 Å². The summed E-state index contributed by atoms with van der Waals surface area (Å²) in [6, 6.07) is 17.8. The number of benzene rings is 2. The molecule has 2 aliphatic rings. The molecule has 0 radical (unpaired) electrons. The lowest BCUT2D eigenvalue weighted by Crippen LogP contribution is -2.67. The molecule has 2 N–H and O–H groups in total. The molecular formula is C21H23NO6. The largest absolute Gasteiger partial charge is 0.463 e. The normalized spacial score (nSPS) is 32.2. The van der Waals surface area contributed by atoms with Crippen molar-refractivity contribution in [2.45, 2.75) is 43.9 Å². The zero-order valence-corrected chi connectivity index (χ0v) is 15.4. The van der Waals surface area contributed by atoms with Crippen LogP contribution in [0.15, 0.2) is 60.7 Å². The quantitative estimate of drug-likeness (QED) is 0.834. The Morgan fingerprint density at radius 3 is 2.43 bits per heavy atom. The second-order valence-electron chi connectivity index (χ2n) is 6.87. The summed E-state index contributed by atoms with van der Waals surface area (Å²) in [5.41, 5.74) is 0.854. The van der Waals surface area contributed by atoms with Crippen LogP contribution in [0, 0.1) is 0 Å². The van der Waals surface area contributed by atoms with Gasteiger partial charge in [-0.3, -0.25) is 4.79 Å². The Kier molecular flexibility index (Phi) is 5.59. The minimum absolute atomic E-state index is 0.239. The third-order valence-electron chi connectivity index (χ3n) is 4.80. The highest BCUT2D eigenvalue weighted by Gasteiger charge is 2.50. The van der Waals surface area contributed by atoms with E-state index in [0.717, 1.165) is 5.56 Å². The fourth-order valence-corrected chi connectivity index (χ4v) is 3.49. The fraction of sp³-hybridized carbons (Fsp3) is 0.381. The monoisotopic (exact) mass is 385 g/mol. The second-order valence-corrected chi connectivity index (χ2v) is 6.87. The van der Waals surface area contributed by atoms with Gasteiger partial charge in [-0.15, -0.1) is 0 Å². The van der Waals surface area contributed by atoms with E-state index in [-0.39, 0.29) is 12.5 Å². The average molecular weight is 385 g/mol. The molecule has 7 heteroatoms. The summed E-state index contributed by atoms with van der Waals surface area (Å²) in [6.07, 6.45) is -3.68. The number of carbonyl (C=O) groups is 1. The summed E-state index contributed by atoms with van der Waals surface area (Å²) in [4.78, 5) is 11.7. The smallest absolute Gasteiger partial charge is 0.223 e. The highest BCUT2D eigenvalue weighted by Crippen LogP contribution is 2.34. The number of nitrogens with one attached hydrogen (secondary N) is 1. The summed E-state index contributed by atoms with van der Waals surface area (Å²) < 4.78 is 23.7. The lowest BCUT2D eigenvalue weighted by molar-refractivity contribution is -0.333. The van der Waals surface area contributed by atoms with Gasteiger partial charge < -0.3 is 29.4 Å². The van der Waals surface area contributed by atoms with Crippen molar-refractivity contribution in [2.75, 3.05) is 6.61 Å². The van der Waals surface area contributed by atoms with Crippen molar-refractivity contribution in [1.29, 1.82) is 0 Å². The Labute approximate surface area is 163 Å². The molecule has 6 atom stereocenters. The van der Waals surface area contributed by atoms with E-state index in [0.29, 0.717) is 5.75 Å². The molecule has 2 fully saturated rings. The first kappa shape index (κ1) is 18.9. The molecule has 2 saturated heterocycles. The number of aliphatic hydroxyl groups is 1. The standard InChI is InChI=1S/C21H23NO6/c1-13(23)22-17-18(24)19-16(27-21(17)26-15-10-6-3-7-11-15)12-25-20(28-19)14-8-4-2-5-9-14/h2-11,16-21,24H,12H2,1H3,(H,22,23)/t16-,17-,18-,19-,20-,21-/m1/s1. The Morgan fingerprint density at radius 1 is 1.07 bits per heavy atom. The molecule has 0 aliphatic carbocycles. The molecule has 2 aromatic carbocycles. The summed E-state index contributed by atoms with van der Waals surface area (Å²) in [5, 5.41) is 13.7. The van der Waals surface area contributed by atoms with E-state index in [2.05, 4.69) is 5.32 Å². The van der Waals surface area contributed by atoms with Gasteiger partial charge in [-0.2, -0.15) is 0 Å². The van der Waals surface area contributed by atoms with Gasteiger partial charge in [0.2, 0.25) is 12.2 Å². The lowest BCUT2D eigenvalue weighted by Gasteiger charge is -2.47. The van der Waals surface area contributed by atoms with Crippen molar-refractivity contribution in [3.63, 3.8) is 0 Å². The van der Waals surface area contributed by atoms with E-state index in [1.165, 1.54) is 6.92 Å². The number of rotatable bonds is 4. The summed E-state index contributed by atoms with van der Waals surface area (Å²) in [5.74, 6) is 0.285. The zero-order valence-electron chi connectivity index (χ0n) is 15.4. The second kappa shape index (κ2) is 8.28. The lowest BCUT2D eigenvalue weighted by atomic mass is 9.95. The van der Waals surface area contributed by atoms with Gasteiger partial charge >= 0.3 is 0 Å². The van der Waals surface area contributed by atoms with Gasteiger partial charge in [-0.25, -0.2) is 0 Å².